The number of amides is 1. The van der Waals surface area contributed by atoms with Crippen LogP contribution < -0.4 is 9.64 Å². The van der Waals surface area contributed by atoms with E-state index in [1.807, 2.05) is 0 Å². The zero-order valence-electron chi connectivity index (χ0n) is 20.2. The Labute approximate surface area is 215 Å². The van der Waals surface area contributed by atoms with Gasteiger partial charge in [-0.15, -0.1) is 0 Å². The summed E-state index contributed by atoms with van der Waals surface area (Å²) in [4.78, 5) is 61.5. The van der Waals surface area contributed by atoms with Crippen LogP contribution in [0.3, 0.4) is 0 Å². The monoisotopic (exact) mass is 519 g/mol. The topological polar surface area (TPSA) is 159 Å². The van der Waals surface area contributed by atoms with Crippen molar-refractivity contribution in [1.82, 2.24) is 0 Å². The summed E-state index contributed by atoms with van der Waals surface area (Å²) >= 11 is 0. The lowest BCUT2D eigenvalue weighted by Gasteiger charge is -2.47. The van der Waals surface area contributed by atoms with Crippen LogP contribution in [0.4, 0.5) is 17.1 Å². The number of β-lactam (4-membered cyclic amide) rings is 1. The highest BCUT2D eigenvalue weighted by Crippen LogP contribution is 2.38. The SMILES string of the molecule is COc1ccc(N2C(=O)[C@H]([C@@H](C)OC(=O)c3cc([N+](=O)[O-])cc([N+](=O)[O-])c3)[C@H]2C(=O)c2ccccc2)cc1. The molecule has 1 aliphatic heterocycles. The summed E-state index contributed by atoms with van der Waals surface area (Å²) in [6.45, 7) is 1.42. The van der Waals surface area contributed by atoms with Crippen molar-refractivity contribution in [1.29, 1.82) is 0 Å². The Kier molecular flexibility index (Phi) is 7.15. The molecule has 0 aromatic heterocycles. The molecule has 0 radical (unpaired) electrons. The van der Waals surface area contributed by atoms with Crippen LogP contribution in [0, 0.1) is 26.1 Å². The molecule has 12 heteroatoms. The molecule has 1 fully saturated rings. The number of rotatable bonds is 9. The number of ether oxygens (including phenoxy) is 2. The van der Waals surface area contributed by atoms with Crippen LogP contribution in [0.15, 0.2) is 72.8 Å². The molecule has 38 heavy (non-hydrogen) atoms. The maximum atomic E-state index is 13.5. The van der Waals surface area contributed by atoms with Gasteiger partial charge in [-0.25, -0.2) is 4.79 Å². The van der Waals surface area contributed by atoms with E-state index in [0.29, 0.717) is 17.0 Å². The van der Waals surface area contributed by atoms with Crippen molar-refractivity contribution in [3.8, 4) is 5.75 Å². The number of non-ortho nitro benzene ring substituents is 2. The molecule has 3 atom stereocenters. The third-order valence-electron chi connectivity index (χ3n) is 6.18. The van der Waals surface area contributed by atoms with Crippen molar-refractivity contribution >= 4 is 34.7 Å². The van der Waals surface area contributed by atoms with E-state index < -0.39 is 56.7 Å². The zero-order valence-corrected chi connectivity index (χ0v) is 20.2. The maximum Gasteiger partial charge on any atom is 0.338 e. The van der Waals surface area contributed by atoms with E-state index in [-0.39, 0.29) is 5.78 Å². The van der Waals surface area contributed by atoms with Crippen LogP contribution in [-0.2, 0) is 9.53 Å². The second-order valence-corrected chi connectivity index (χ2v) is 8.47. The molecule has 0 bridgehead atoms. The predicted molar refractivity (Wildman–Crippen MR) is 133 cm³/mol. The van der Waals surface area contributed by atoms with Gasteiger partial charge < -0.3 is 14.4 Å². The van der Waals surface area contributed by atoms with Crippen molar-refractivity contribution in [2.45, 2.75) is 19.1 Å². The van der Waals surface area contributed by atoms with Gasteiger partial charge in [0.15, 0.2) is 5.78 Å². The summed E-state index contributed by atoms with van der Waals surface area (Å²) in [7, 11) is 1.49. The van der Waals surface area contributed by atoms with Gasteiger partial charge in [0.25, 0.3) is 11.4 Å². The molecule has 4 rings (SSSR count). The number of hydrogen-bond acceptors (Lipinski definition) is 9. The number of esters is 1. The zero-order chi connectivity index (χ0) is 27.6. The van der Waals surface area contributed by atoms with Gasteiger partial charge in [-0.05, 0) is 31.2 Å². The quantitative estimate of drug-likeness (QED) is 0.134. The molecule has 194 valence electrons. The number of nitro groups is 2. The number of carbonyl (C=O) groups excluding carboxylic acids is 3. The third-order valence-corrected chi connectivity index (χ3v) is 6.18. The normalized spacial score (nSPS) is 17.2. The number of nitrogens with zero attached hydrogens (tertiary/aromatic N) is 3. The van der Waals surface area contributed by atoms with Gasteiger partial charge in [-0.1, -0.05) is 30.3 Å². The average molecular weight is 519 g/mol. The minimum Gasteiger partial charge on any atom is -0.497 e. The van der Waals surface area contributed by atoms with E-state index in [2.05, 4.69) is 0 Å². The van der Waals surface area contributed by atoms with Crippen LogP contribution in [0.1, 0.15) is 27.6 Å². The van der Waals surface area contributed by atoms with Crippen molar-refractivity contribution < 1.29 is 33.7 Å². The first-order valence-electron chi connectivity index (χ1n) is 11.3. The first-order chi connectivity index (χ1) is 18.1. The number of carbonyl (C=O) groups is 3. The first kappa shape index (κ1) is 25.9. The van der Waals surface area contributed by atoms with Crippen LogP contribution in [0.25, 0.3) is 0 Å². The van der Waals surface area contributed by atoms with E-state index in [9.17, 15) is 34.6 Å². The van der Waals surface area contributed by atoms with Crippen molar-refractivity contribution in [3.63, 3.8) is 0 Å². The number of ketones is 1. The van der Waals surface area contributed by atoms with E-state index in [1.54, 1.807) is 54.6 Å². The Morgan fingerprint density at radius 2 is 1.47 bits per heavy atom. The highest BCUT2D eigenvalue weighted by Gasteiger charge is 2.55. The van der Waals surface area contributed by atoms with Crippen molar-refractivity contribution in [2.75, 3.05) is 12.0 Å². The summed E-state index contributed by atoms with van der Waals surface area (Å²) in [5.74, 6) is -2.47. The molecular weight excluding hydrogens is 498 g/mol. The molecule has 0 saturated carbocycles. The number of methoxy groups -OCH3 is 1. The van der Waals surface area contributed by atoms with Gasteiger partial charge in [-0.2, -0.15) is 0 Å². The molecule has 1 aliphatic rings. The van der Waals surface area contributed by atoms with Gasteiger partial charge in [0.05, 0.1) is 28.6 Å². The summed E-state index contributed by atoms with van der Waals surface area (Å²) in [5.41, 5.74) is -0.972. The highest BCUT2D eigenvalue weighted by molar-refractivity contribution is 6.17. The molecule has 3 aromatic carbocycles. The average Bonchev–Trinajstić information content (AvgIpc) is 2.91. The molecule has 0 unspecified atom stereocenters. The van der Waals surface area contributed by atoms with Gasteiger partial charge >= 0.3 is 5.97 Å². The second-order valence-electron chi connectivity index (χ2n) is 8.47. The fourth-order valence-electron chi connectivity index (χ4n) is 4.29. The van der Waals surface area contributed by atoms with E-state index in [1.165, 1.54) is 18.9 Å². The Bertz CT molecular complexity index is 1390. The Morgan fingerprint density at radius 3 is 2.00 bits per heavy atom. The van der Waals surface area contributed by atoms with Gasteiger partial charge in [0.2, 0.25) is 5.91 Å². The van der Waals surface area contributed by atoms with Crippen LogP contribution in [0.5, 0.6) is 5.75 Å². The third kappa shape index (κ3) is 4.91. The number of benzene rings is 3. The number of nitro benzene ring substituents is 2. The van der Waals surface area contributed by atoms with Crippen LogP contribution in [-0.4, -0.2) is 46.8 Å². The molecule has 1 saturated heterocycles. The van der Waals surface area contributed by atoms with Crippen molar-refractivity contribution in [2.24, 2.45) is 5.92 Å². The standard InChI is InChI=1S/C26H21N3O9/c1-15(38-26(32)17-12-19(28(33)34)14-20(13-17)29(35)36)22-23(24(30)16-6-4-3-5-7-16)27(25(22)31)18-8-10-21(37-2)11-9-18/h3-15,22-23H,1-2H3/t15-,22-,23+/m1/s1. The van der Waals surface area contributed by atoms with Gasteiger partial charge in [0.1, 0.15) is 23.8 Å². The Balaban J connectivity index is 1.63. The molecule has 1 heterocycles. The summed E-state index contributed by atoms with van der Waals surface area (Å²) < 4.78 is 10.6. The van der Waals surface area contributed by atoms with Crippen LogP contribution >= 0.6 is 0 Å². The number of hydrogen-bond donors (Lipinski definition) is 0. The molecule has 0 spiro atoms. The molecule has 1 amide bonds. The lowest BCUT2D eigenvalue weighted by Crippen LogP contribution is -2.68. The largest absolute Gasteiger partial charge is 0.497 e. The van der Waals surface area contributed by atoms with Gasteiger partial charge in [0, 0.05) is 23.4 Å². The molecule has 0 aliphatic carbocycles. The summed E-state index contributed by atoms with van der Waals surface area (Å²) in [5, 5.41) is 22.4. The fourth-order valence-corrected chi connectivity index (χ4v) is 4.29. The Hall–Kier alpha value is -5.13. The minimum atomic E-state index is -1.14. The molecule has 3 aromatic rings. The smallest absolute Gasteiger partial charge is 0.338 e. The predicted octanol–water partition coefficient (Wildman–Crippen LogP) is 3.97. The van der Waals surface area contributed by atoms with Gasteiger partial charge in [-0.3, -0.25) is 29.8 Å². The second kappa shape index (κ2) is 10.5. The van der Waals surface area contributed by atoms with Crippen LogP contribution in [0.2, 0.25) is 0 Å². The summed E-state index contributed by atoms with van der Waals surface area (Å²) in [6, 6.07) is 16.2. The molecule has 12 nitrogen and oxygen atoms in total. The van der Waals surface area contributed by atoms with E-state index in [0.717, 1.165) is 18.2 Å². The first-order valence-corrected chi connectivity index (χ1v) is 11.3. The maximum absolute atomic E-state index is 13.5. The molecule has 0 N–H and O–H groups in total. The minimum absolute atomic E-state index is 0.348. The lowest BCUT2D eigenvalue weighted by atomic mass is 9.78. The number of Topliss-reactive ketones (excluding diaryl/α,β-unsaturated/α-hetero) is 1. The fraction of sp³-hybridized carbons (Fsp3) is 0.192. The van der Waals surface area contributed by atoms with Crippen molar-refractivity contribution in [3.05, 3.63) is 104 Å². The summed E-state index contributed by atoms with van der Waals surface area (Å²) in [6.07, 6.45) is -1.14. The lowest BCUT2D eigenvalue weighted by molar-refractivity contribution is -0.394. The Morgan fingerprint density at radius 1 is 0.895 bits per heavy atom. The van der Waals surface area contributed by atoms with E-state index >= 15 is 0 Å². The molecular formula is C26H21N3O9. The van der Waals surface area contributed by atoms with E-state index in [4.69, 9.17) is 9.47 Å². The number of anilines is 1. The highest BCUT2D eigenvalue weighted by atomic mass is 16.6.